The van der Waals surface area contributed by atoms with Gasteiger partial charge in [0.2, 0.25) is 0 Å². The van der Waals surface area contributed by atoms with Crippen LogP contribution in [-0.4, -0.2) is 16.8 Å². The van der Waals surface area contributed by atoms with Crippen molar-refractivity contribution in [3.63, 3.8) is 0 Å². The lowest BCUT2D eigenvalue weighted by Gasteiger charge is -2.13. The fourth-order valence-electron chi connectivity index (χ4n) is 2.16. The molecule has 0 aromatic heterocycles. The van der Waals surface area contributed by atoms with Gasteiger partial charge in [-0.15, -0.1) is 0 Å². The molecular weight excluding hydrogens is 234 g/mol. The molecule has 18 heavy (non-hydrogen) atoms. The second kappa shape index (κ2) is 5.16. The van der Waals surface area contributed by atoms with Gasteiger partial charge in [0.05, 0.1) is 11.0 Å². The van der Waals surface area contributed by atoms with Crippen molar-refractivity contribution in [2.24, 2.45) is 0 Å². The van der Waals surface area contributed by atoms with Crippen molar-refractivity contribution in [2.45, 2.75) is 38.7 Å². The fraction of sp³-hybridized carbons (Fsp3) is 0.462. The molecule has 96 valence electrons. The average molecular weight is 249 g/mol. The van der Waals surface area contributed by atoms with E-state index in [-0.39, 0.29) is 23.3 Å². The maximum Gasteiger partial charge on any atom is 0.311 e. The van der Waals surface area contributed by atoms with Crippen LogP contribution in [0.1, 0.15) is 43.0 Å². The zero-order valence-electron chi connectivity index (χ0n) is 10.2. The monoisotopic (exact) mass is 249 g/mol. The van der Waals surface area contributed by atoms with Crippen LogP contribution in [0.4, 0.5) is 5.69 Å². The summed E-state index contributed by atoms with van der Waals surface area (Å²) in [4.78, 5) is 21.7. The first-order chi connectivity index (χ1) is 8.58. The Balaban J connectivity index is 2.28. The number of benzene rings is 1. The molecule has 0 saturated heterocycles. The second-order valence-electron chi connectivity index (χ2n) is 4.52. The SMILES string of the molecule is CC(=O)c1ccc(OC2CCCC2)c([N+](=O)[O-])c1. The van der Waals surface area contributed by atoms with Crippen molar-refractivity contribution in [2.75, 3.05) is 0 Å². The van der Waals surface area contributed by atoms with Crippen LogP contribution in [0.5, 0.6) is 5.75 Å². The molecule has 0 radical (unpaired) electrons. The summed E-state index contributed by atoms with van der Waals surface area (Å²) < 4.78 is 5.65. The minimum absolute atomic E-state index is 0.0619. The van der Waals surface area contributed by atoms with Crippen LogP contribution in [0.15, 0.2) is 18.2 Å². The van der Waals surface area contributed by atoms with Crippen LogP contribution >= 0.6 is 0 Å². The summed E-state index contributed by atoms with van der Waals surface area (Å²) in [7, 11) is 0. The highest BCUT2D eigenvalue weighted by atomic mass is 16.6. The Morgan fingerprint density at radius 1 is 1.39 bits per heavy atom. The van der Waals surface area contributed by atoms with E-state index >= 15 is 0 Å². The van der Waals surface area contributed by atoms with Gasteiger partial charge in [-0.3, -0.25) is 14.9 Å². The standard InChI is InChI=1S/C13H15NO4/c1-9(15)10-6-7-13(12(8-10)14(16)17)18-11-4-2-3-5-11/h6-8,11H,2-5H2,1H3. The van der Waals surface area contributed by atoms with Crippen LogP contribution in [-0.2, 0) is 0 Å². The van der Waals surface area contributed by atoms with Gasteiger partial charge < -0.3 is 4.74 Å². The molecule has 1 aliphatic rings. The normalized spacial score (nSPS) is 15.6. The molecule has 2 rings (SSSR count). The molecule has 1 aromatic rings. The third-order valence-corrected chi connectivity index (χ3v) is 3.16. The first-order valence-electron chi connectivity index (χ1n) is 6.04. The first kappa shape index (κ1) is 12.5. The molecule has 0 aliphatic heterocycles. The number of ether oxygens (including phenoxy) is 1. The molecule has 0 amide bonds. The number of rotatable bonds is 4. The van der Waals surface area contributed by atoms with Gasteiger partial charge in [-0.2, -0.15) is 0 Å². The van der Waals surface area contributed by atoms with E-state index in [0.29, 0.717) is 5.56 Å². The Kier molecular flexibility index (Phi) is 3.60. The van der Waals surface area contributed by atoms with Crippen molar-refractivity contribution in [1.29, 1.82) is 0 Å². The molecule has 1 aliphatic carbocycles. The number of nitro groups is 1. The fourth-order valence-corrected chi connectivity index (χ4v) is 2.16. The summed E-state index contributed by atoms with van der Waals surface area (Å²) in [5.74, 6) is 0.0717. The topological polar surface area (TPSA) is 69.4 Å². The number of Topliss-reactive ketones (excluding diaryl/α,β-unsaturated/α-hetero) is 1. The third kappa shape index (κ3) is 2.67. The maximum absolute atomic E-state index is 11.2. The van der Waals surface area contributed by atoms with Gasteiger partial charge in [-0.1, -0.05) is 0 Å². The maximum atomic E-state index is 11.2. The molecule has 5 heteroatoms. The summed E-state index contributed by atoms with van der Waals surface area (Å²) in [5.41, 5.74) is 0.204. The molecule has 0 spiro atoms. The van der Waals surface area contributed by atoms with Gasteiger partial charge >= 0.3 is 5.69 Å². The van der Waals surface area contributed by atoms with Crippen molar-refractivity contribution >= 4 is 11.5 Å². The van der Waals surface area contributed by atoms with E-state index in [2.05, 4.69) is 0 Å². The molecule has 1 saturated carbocycles. The molecule has 0 bridgehead atoms. The molecule has 1 aromatic carbocycles. The van der Waals surface area contributed by atoms with E-state index in [1.54, 1.807) is 6.07 Å². The van der Waals surface area contributed by atoms with Crippen LogP contribution in [0.25, 0.3) is 0 Å². The average Bonchev–Trinajstić information content (AvgIpc) is 2.81. The smallest absolute Gasteiger partial charge is 0.311 e. The van der Waals surface area contributed by atoms with Crippen LogP contribution < -0.4 is 4.74 Å². The van der Waals surface area contributed by atoms with Crippen LogP contribution in [0.3, 0.4) is 0 Å². The Hall–Kier alpha value is -1.91. The Labute approximate surface area is 105 Å². The molecular formula is C13H15NO4. The van der Waals surface area contributed by atoms with Crippen molar-refractivity contribution < 1.29 is 14.5 Å². The van der Waals surface area contributed by atoms with Gasteiger partial charge in [0.1, 0.15) is 0 Å². The first-order valence-corrected chi connectivity index (χ1v) is 6.04. The van der Waals surface area contributed by atoms with Crippen LogP contribution in [0, 0.1) is 10.1 Å². The highest BCUT2D eigenvalue weighted by molar-refractivity contribution is 5.95. The largest absolute Gasteiger partial charge is 0.484 e. The zero-order chi connectivity index (χ0) is 13.1. The molecule has 1 fully saturated rings. The van der Waals surface area contributed by atoms with Crippen molar-refractivity contribution in [3.8, 4) is 5.75 Å². The molecule has 0 N–H and O–H groups in total. The van der Waals surface area contributed by atoms with Gasteiger partial charge in [-0.25, -0.2) is 0 Å². The number of hydrogen-bond donors (Lipinski definition) is 0. The quantitative estimate of drug-likeness (QED) is 0.467. The van der Waals surface area contributed by atoms with Gasteiger partial charge in [-0.05, 0) is 44.7 Å². The minimum atomic E-state index is -0.503. The highest BCUT2D eigenvalue weighted by Gasteiger charge is 2.22. The van der Waals surface area contributed by atoms with Crippen LogP contribution in [0.2, 0.25) is 0 Å². The summed E-state index contributed by atoms with van der Waals surface area (Å²) in [6, 6.07) is 4.37. The van der Waals surface area contributed by atoms with E-state index in [1.807, 2.05) is 0 Å². The molecule has 0 atom stereocenters. The molecule has 5 nitrogen and oxygen atoms in total. The molecule has 0 unspecified atom stereocenters. The van der Waals surface area contributed by atoms with E-state index in [4.69, 9.17) is 4.74 Å². The van der Waals surface area contributed by atoms with E-state index in [0.717, 1.165) is 25.7 Å². The van der Waals surface area contributed by atoms with E-state index in [9.17, 15) is 14.9 Å². The number of carbonyl (C=O) groups excluding carboxylic acids is 1. The number of ketones is 1. The Bertz CT molecular complexity index is 478. The predicted molar refractivity (Wildman–Crippen MR) is 66.0 cm³/mol. The predicted octanol–water partition coefficient (Wildman–Crippen LogP) is 3.12. The summed E-state index contributed by atoms with van der Waals surface area (Å²) in [6.45, 7) is 1.39. The minimum Gasteiger partial charge on any atom is -0.484 e. The highest BCUT2D eigenvalue weighted by Crippen LogP contribution is 2.32. The Morgan fingerprint density at radius 2 is 2.06 bits per heavy atom. The lowest BCUT2D eigenvalue weighted by molar-refractivity contribution is -0.386. The zero-order valence-corrected chi connectivity index (χ0v) is 10.2. The number of nitro benzene ring substituents is 1. The summed E-state index contributed by atoms with van der Waals surface area (Å²) >= 11 is 0. The van der Waals surface area contributed by atoms with E-state index < -0.39 is 4.92 Å². The lowest BCUT2D eigenvalue weighted by Crippen LogP contribution is -2.12. The van der Waals surface area contributed by atoms with Gasteiger partial charge in [0, 0.05) is 11.6 Å². The second-order valence-corrected chi connectivity index (χ2v) is 4.52. The number of carbonyl (C=O) groups is 1. The lowest BCUT2D eigenvalue weighted by atomic mass is 10.1. The van der Waals surface area contributed by atoms with Gasteiger partial charge in [0.25, 0.3) is 0 Å². The van der Waals surface area contributed by atoms with Gasteiger partial charge in [0.15, 0.2) is 11.5 Å². The van der Waals surface area contributed by atoms with Crippen molar-refractivity contribution in [1.82, 2.24) is 0 Å². The summed E-state index contributed by atoms with van der Waals surface area (Å²) in [6.07, 6.45) is 4.14. The number of hydrogen-bond acceptors (Lipinski definition) is 4. The van der Waals surface area contributed by atoms with E-state index in [1.165, 1.54) is 19.1 Å². The molecule has 0 heterocycles. The summed E-state index contributed by atoms with van der Waals surface area (Å²) in [5, 5.41) is 11.0. The van der Waals surface area contributed by atoms with Crippen molar-refractivity contribution in [3.05, 3.63) is 33.9 Å². The number of nitrogens with zero attached hydrogens (tertiary/aromatic N) is 1. The third-order valence-electron chi connectivity index (χ3n) is 3.16. The Morgan fingerprint density at radius 3 is 2.61 bits per heavy atom.